The molecule has 4 nitrogen and oxygen atoms in total. The molecule has 0 saturated heterocycles. The molecule has 0 radical (unpaired) electrons. The van der Waals surface area contributed by atoms with E-state index in [1.54, 1.807) is 24.3 Å². The van der Waals surface area contributed by atoms with Crippen LogP contribution in [0, 0.1) is 0 Å². The second-order valence-electron chi connectivity index (χ2n) is 5.95. The number of para-hydroxylation sites is 1. The van der Waals surface area contributed by atoms with Crippen LogP contribution in [0.1, 0.15) is 0 Å². The Labute approximate surface area is 166 Å². The zero-order valence-electron chi connectivity index (χ0n) is 13.8. The predicted octanol–water partition coefficient (Wildman–Crippen LogP) is 5.56. The van der Waals surface area contributed by atoms with Crippen LogP contribution in [0.3, 0.4) is 0 Å². The van der Waals surface area contributed by atoms with Gasteiger partial charge in [-0.1, -0.05) is 59.6 Å². The molecule has 1 N–H and O–H groups in total. The van der Waals surface area contributed by atoms with Gasteiger partial charge in [0.25, 0.3) is 10.0 Å². The number of rotatable bonds is 3. The maximum Gasteiger partial charge on any atom is 0.272 e. The fourth-order valence-corrected chi connectivity index (χ4v) is 5.09. The minimum atomic E-state index is -4.13. The number of hydrogen-bond donors (Lipinski definition) is 1. The monoisotopic (exact) mass is 417 g/mol. The lowest BCUT2D eigenvalue weighted by Gasteiger charge is -2.14. The van der Waals surface area contributed by atoms with E-state index in [1.165, 1.54) is 22.2 Å². The summed E-state index contributed by atoms with van der Waals surface area (Å²) in [7, 11) is -4.13. The number of nitrogens with zero attached hydrogens (tertiary/aromatic N) is 1. The molecule has 7 heteroatoms. The van der Waals surface area contributed by atoms with Crippen LogP contribution < -0.4 is 0 Å². The number of fused-ring (bicyclic) bond motifs is 1. The van der Waals surface area contributed by atoms with Gasteiger partial charge in [0, 0.05) is 10.4 Å². The second-order valence-corrected chi connectivity index (χ2v) is 8.55. The maximum absolute atomic E-state index is 13.5. The molecule has 0 aliphatic heterocycles. The molecule has 136 valence electrons. The van der Waals surface area contributed by atoms with Crippen LogP contribution in [0.5, 0.6) is 5.75 Å². The predicted molar refractivity (Wildman–Crippen MR) is 108 cm³/mol. The van der Waals surface area contributed by atoms with Gasteiger partial charge in [0.05, 0.1) is 16.2 Å². The minimum absolute atomic E-state index is 0.0307. The van der Waals surface area contributed by atoms with Crippen molar-refractivity contribution in [1.29, 1.82) is 0 Å². The summed E-state index contributed by atoms with van der Waals surface area (Å²) in [4.78, 5) is -0.264. The van der Waals surface area contributed by atoms with Crippen molar-refractivity contribution in [2.24, 2.45) is 0 Å². The zero-order valence-corrected chi connectivity index (χ0v) is 16.1. The quantitative estimate of drug-likeness (QED) is 0.474. The fraction of sp³-hybridized carbons (Fsp3) is 0. The topological polar surface area (TPSA) is 59.3 Å². The summed E-state index contributed by atoms with van der Waals surface area (Å²) in [5.74, 6) is -0.478. The SMILES string of the molecule is O=S(=O)(c1cccc(Cl)c1O)n1c(-c2ccccc2)cc2cc(Cl)ccc21. The molecule has 0 aliphatic rings. The molecule has 0 bridgehead atoms. The Morgan fingerprint density at radius 2 is 1.59 bits per heavy atom. The van der Waals surface area contributed by atoms with E-state index in [0.717, 1.165) is 5.56 Å². The summed E-state index contributed by atoms with van der Waals surface area (Å²) in [5, 5.41) is 11.4. The summed E-state index contributed by atoms with van der Waals surface area (Å²) < 4.78 is 28.2. The van der Waals surface area contributed by atoms with Crippen molar-refractivity contribution in [3.05, 3.63) is 82.8 Å². The van der Waals surface area contributed by atoms with Crippen molar-refractivity contribution in [3.63, 3.8) is 0 Å². The van der Waals surface area contributed by atoms with Crippen LogP contribution in [0.25, 0.3) is 22.2 Å². The van der Waals surface area contributed by atoms with E-state index < -0.39 is 15.8 Å². The first kappa shape index (κ1) is 17.9. The lowest BCUT2D eigenvalue weighted by molar-refractivity contribution is 0.458. The summed E-state index contributed by atoms with van der Waals surface area (Å²) in [6.07, 6.45) is 0. The van der Waals surface area contributed by atoms with Crippen LogP contribution in [0.2, 0.25) is 10.0 Å². The molecule has 0 unspecified atom stereocenters. The lowest BCUT2D eigenvalue weighted by atomic mass is 10.1. The highest BCUT2D eigenvalue weighted by Crippen LogP contribution is 2.37. The van der Waals surface area contributed by atoms with Gasteiger partial charge >= 0.3 is 0 Å². The Morgan fingerprint density at radius 1 is 0.852 bits per heavy atom. The van der Waals surface area contributed by atoms with E-state index >= 15 is 0 Å². The zero-order chi connectivity index (χ0) is 19.2. The molecule has 4 aromatic rings. The first-order valence-electron chi connectivity index (χ1n) is 7.99. The normalized spacial score (nSPS) is 11.8. The third-order valence-corrected chi connectivity index (χ3v) is 6.56. The van der Waals surface area contributed by atoms with E-state index in [2.05, 4.69) is 0 Å². The van der Waals surface area contributed by atoms with Crippen LogP contribution >= 0.6 is 23.2 Å². The van der Waals surface area contributed by atoms with E-state index in [-0.39, 0.29) is 9.92 Å². The van der Waals surface area contributed by atoms with Gasteiger partial charge < -0.3 is 5.11 Å². The van der Waals surface area contributed by atoms with Gasteiger partial charge in [-0.15, -0.1) is 0 Å². The van der Waals surface area contributed by atoms with Crippen LogP contribution in [0.15, 0.2) is 77.7 Å². The molecule has 0 spiro atoms. The number of aromatic hydroxyl groups is 1. The fourth-order valence-electron chi connectivity index (χ4n) is 3.03. The van der Waals surface area contributed by atoms with Gasteiger partial charge in [0.1, 0.15) is 4.90 Å². The number of benzene rings is 3. The molecule has 1 heterocycles. The van der Waals surface area contributed by atoms with Gasteiger partial charge in [-0.25, -0.2) is 12.4 Å². The highest BCUT2D eigenvalue weighted by Gasteiger charge is 2.27. The lowest BCUT2D eigenvalue weighted by Crippen LogP contribution is -2.14. The Kier molecular flexibility index (Phi) is 4.38. The van der Waals surface area contributed by atoms with Crippen molar-refractivity contribution >= 4 is 44.1 Å². The smallest absolute Gasteiger partial charge is 0.272 e. The van der Waals surface area contributed by atoms with Gasteiger partial charge in [-0.05, 0) is 42.0 Å². The van der Waals surface area contributed by atoms with E-state index in [0.29, 0.717) is 21.6 Å². The Hall–Kier alpha value is -2.47. The standard InChI is InChI=1S/C20H13Cl2NO3S/c21-15-9-10-17-14(11-15)12-18(13-5-2-1-3-6-13)23(17)27(25,26)19-8-4-7-16(22)20(19)24/h1-12,24H. The molecule has 0 amide bonds. The average molecular weight is 418 g/mol. The number of aromatic nitrogens is 1. The maximum atomic E-state index is 13.5. The largest absolute Gasteiger partial charge is 0.505 e. The Balaban J connectivity index is 2.10. The number of phenolic OH excluding ortho intramolecular Hbond substituents is 1. The second kappa shape index (κ2) is 6.60. The van der Waals surface area contributed by atoms with Crippen molar-refractivity contribution in [3.8, 4) is 17.0 Å². The first-order valence-corrected chi connectivity index (χ1v) is 10.2. The summed E-state index contributed by atoms with van der Waals surface area (Å²) >= 11 is 12.0. The Morgan fingerprint density at radius 3 is 2.33 bits per heavy atom. The van der Waals surface area contributed by atoms with Crippen molar-refractivity contribution < 1.29 is 13.5 Å². The molecule has 1 aromatic heterocycles. The highest BCUT2D eigenvalue weighted by atomic mass is 35.5. The minimum Gasteiger partial charge on any atom is -0.505 e. The van der Waals surface area contributed by atoms with Crippen molar-refractivity contribution in [2.45, 2.75) is 4.90 Å². The third kappa shape index (κ3) is 2.98. The first-order chi connectivity index (χ1) is 12.9. The molecule has 27 heavy (non-hydrogen) atoms. The van der Waals surface area contributed by atoms with E-state index in [4.69, 9.17) is 23.2 Å². The van der Waals surface area contributed by atoms with Gasteiger partial charge in [0.2, 0.25) is 0 Å². The molecule has 0 fully saturated rings. The Bertz CT molecular complexity index is 1270. The average Bonchev–Trinajstić information content (AvgIpc) is 3.04. The van der Waals surface area contributed by atoms with Crippen molar-refractivity contribution in [2.75, 3.05) is 0 Å². The van der Waals surface area contributed by atoms with Gasteiger partial charge in [-0.3, -0.25) is 0 Å². The van der Waals surface area contributed by atoms with Gasteiger partial charge in [0.15, 0.2) is 5.75 Å². The van der Waals surface area contributed by atoms with Crippen LogP contribution in [-0.4, -0.2) is 17.5 Å². The number of halogens is 2. The molecule has 0 saturated carbocycles. The molecule has 0 aliphatic carbocycles. The van der Waals surface area contributed by atoms with Crippen molar-refractivity contribution in [1.82, 2.24) is 3.97 Å². The van der Waals surface area contributed by atoms with Crippen LogP contribution in [0.4, 0.5) is 0 Å². The summed E-state index contributed by atoms with van der Waals surface area (Å²) in [5.41, 5.74) is 1.64. The molecular weight excluding hydrogens is 405 g/mol. The van der Waals surface area contributed by atoms with E-state index in [9.17, 15) is 13.5 Å². The molecule has 4 rings (SSSR count). The molecule has 3 aromatic carbocycles. The summed E-state index contributed by atoms with van der Waals surface area (Å²) in [6, 6.07) is 20.1. The third-order valence-electron chi connectivity index (χ3n) is 4.26. The number of phenols is 1. The highest BCUT2D eigenvalue weighted by molar-refractivity contribution is 7.90. The van der Waals surface area contributed by atoms with E-state index in [1.807, 2.05) is 30.3 Å². The summed E-state index contributed by atoms with van der Waals surface area (Å²) in [6.45, 7) is 0. The molecular formula is C20H13Cl2NO3S. The van der Waals surface area contributed by atoms with Crippen LogP contribution in [-0.2, 0) is 10.0 Å². The number of hydrogen-bond acceptors (Lipinski definition) is 3. The van der Waals surface area contributed by atoms with Gasteiger partial charge in [-0.2, -0.15) is 0 Å². The molecule has 0 atom stereocenters.